The highest BCUT2D eigenvalue weighted by molar-refractivity contribution is 8.00. The van der Waals surface area contributed by atoms with Crippen LogP contribution in [0.5, 0.6) is 0 Å². The number of benzene rings is 1. The summed E-state index contributed by atoms with van der Waals surface area (Å²) in [6.45, 7) is 4.08. The van der Waals surface area contributed by atoms with Crippen LogP contribution in [0.2, 0.25) is 0 Å². The normalized spacial score (nSPS) is 12.4. The van der Waals surface area contributed by atoms with E-state index in [1.807, 2.05) is 19.9 Å². The Hall–Kier alpha value is -0.720. The summed E-state index contributed by atoms with van der Waals surface area (Å²) in [6.07, 6.45) is 0. The van der Waals surface area contributed by atoms with Crippen LogP contribution in [0.15, 0.2) is 28.0 Å². The molecule has 0 aliphatic carbocycles. The number of rotatable bonds is 4. The van der Waals surface area contributed by atoms with Gasteiger partial charge in [0.25, 0.3) is 0 Å². The van der Waals surface area contributed by atoms with Gasteiger partial charge in [0, 0.05) is 24.2 Å². The number of nitrogen functional groups attached to an aromatic ring is 1. The van der Waals surface area contributed by atoms with Crippen molar-refractivity contribution in [3.63, 3.8) is 0 Å². The van der Waals surface area contributed by atoms with E-state index in [0.717, 1.165) is 4.90 Å². The van der Waals surface area contributed by atoms with Crippen LogP contribution >= 0.6 is 11.8 Å². The minimum absolute atomic E-state index is 0.174. The molecular weight excluding hydrogens is 256 g/mol. The van der Waals surface area contributed by atoms with Gasteiger partial charge in [-0.05, 0) is 12.1 Å². The van der Waals surface area contributed by atoms with Crippen molar-refractivity contribution in [1.82, 2.24) is 4.31 Å². The van der Waals surface area contributed by atoms with E-state index in [9.17, 15) is 8.42 Å². The summed E-state index contributed by atoms with van der Waals surface area (Å²) in [7, 11) is -0.477. The molecule has 0 spiro atoms. The fraction of sp³-hybridized carbons (Fsp3) is 0.455. The maximum absolute atomic E-state index is 12.0. The Labute approximate surface area is 107 Å². The predicted molar refractivity (Wildman–Crippen MR) is 72.7 cm³/mol. The van der Waals surface area contributed by atoms with Gasteiger partial charge in [0.15, 0.2) is 0 Å². The summed E-state index contributed by atoms with van der Waals surface area (Å²) in [5, 5.41) is 0.356. The van der Waals surface area contributed by atoms with E-state index in [1.165, 1.54) is 24.5 Å². The Kier molecular flexibility index (Phi) is 4.46. The number of anilines is 1. The molecule has 17 heavy (non-hydrogen) atoms. The average molecular weight is 274 g/mol. The van der Waals surface area contributed by atoms with Crippen molar-refractivity contribution >= 4 is 27.5 Å². The molecule has 0 aromatic heterocycles. The van der Waals surface area contributed by atoms with Crippen molar-refractivity contribution in [3.8, 4) is 0 Å². The third kappa shape index (κ3) is 3.14. The molecule has 1 aromatic rings. The van der Waals surface area contributed by atoms with Crippen LogP contribution in [-0.2, 0) is 10.0 Å². The largest absolute Gasteiger partial charge is 0.397 e. The lowest BCUT2D eigenvalue weighted by Gasteiger charge is -2.16. The molecule has 96 valence electrons. The third-order valence-electron chi connectivity index (χ3n) is 2.15. The number of thioether (sulfide) groups is 1. The molecule has 0 saturated heterocycles. The van der Waals surface area contributed by atoms with Crippen LogP contribution in [0.3, 0.4) is 0 Å². The van der Waals surface area contributed by atoms with Crippen molar-refractivity contribution < 1.29 is 8.42 Å². The summed E-state index contributed by atoms with van der Waals surface area (Å²) < 4.78 is 25.2. The Morgan fingerprint density at radius 1 is 1.29 bits per heavy atom. The van der Waals surface area contributed by atoms with Gasteiger partial charge in [-0.3, -0.25) is 0 Å². The van der Waals surface area contributed by atoms with E-state index in [2.05, 4.69) is 0 Å². The second-order valence-corrected chi connectivity index (χ2v) is 7.86. The zero-order valence-corrected chi connectivity index (χ0v) is 12.1. The van der Waals surface area contributed by atoms with Crippen LogP contribution < -0.4 is 5.73 Å². The standard InChI is InChI=1S/C11H18N2O2S2/c1-8(2)16-9-6-5-7-10(11(9)12)17(14,15)13(3)4/h5-8H,12H2,1-4H3. The van der Waals surface area contributed by atoms with Gasteiger partial charge in [-0.25, -0.2) is 12.7 Å². The summed E-state index contributed by atoms with van der Waals surface area (Å²) >= 11 is 1.56. The topological polar surface area (TPSA) is 63.4 Å². The van der Waals surface area contributed by atoms with Crippen molar-refractivity contribution in [3.05, 3.63) is 18.2 Å². The van der Waals surface area contributed by atoms with Crippen LogP contribution in [0.1, 0.15) is 13.8 Å². The molecule has 0 atom stereocenters. The second-order valence-electron chi connectivity index (χ2n) is 4.12. The van der Waals surface area contributed by atoms with Crippen molar-refractivity contribution in [2.75, 3.05) is 19.8 Å². The first-order valence-corrected chi connectivity index (χ1v) is 7.56. The average Bonchev–Trinajstić information content (AvgIpc) is 2.20. The van der Waals surface area contributed by atoms with Crippen molar-refractivity contribution in [2.24, 2.45) is 0 Å². The fourth-order valence-electron chi connectivity index (χ4n) is 1.30. The monoisotopic (exact) mass is 274 g/mol. The maximum Gasteiger partial charge on any atom is 0.244 e. The number of nitrogens with two attached hydrogens (primary N) is 1. The third-order valence-corrected chi connectivity index (χ3v) is 5.10. The molecule has 6 heteroatoms. The molecule has 4 nitrogen and oxygen atoms in total. The summed E-state index contributed by atoms with van der Waals surface area (Å²) in [6, 6.07) is 5.10. The highest BCUT2D eigenvalue weighted by atomic mass is 32.2. The Morgan fingerprint density at radius 2 is 1.88 bits per heavy atom. The maximum atomic E-state index is 12.0. The van der Waals surface area contributed by atoms with Gasteiger partial charge in [0.1, 0.15) is 4.90 Å². The zero-order valence-electron chi connectivity index (χ0n) is 10.5. The molecular formula is C11H18N2O2S2. The van der Waals surface area contributed by atoms with Crippen molar-refractivity contribution in [1.29, 1.82) is 0 Å². The van der Waals surface area contributed by atoms with Crippen LogP contribution in [0, 0.1) is 0 Å². The molecule has 1 aromatic carbocycles. The van der Waals surface area contributed by atoms with Gasteiger partial charge < -0.3 is 5.73 Å². The van der Waals surface area contributed by atoms with E-state index in [4.69, 9.17) is 5.73 Å². The number of para-hydroxylation sites is 1. The summed E-state index contributed by atoms with van der Waals surface area (Å²) in [4.78, 5) is 0.982. The van der Waals surface area contributed by atoms with Gasteiger partial charge in [0.05, 0.1) is 5.69 Å². The molecule has 0 bridgehead atoms. The smallest absolute Gasteiger partial charge is 0.244 e. The lowest BCUT2D eigenvalue weighted by molar-refractivity contribution is 0.521. The van der Waals surface area contributed by atoms with E-state index in [1.54, 1.807) is 17.8 Å². The van der Waals surface area contributed by atoms with E-state index >= 15 is 0 Å². The minimum Gasteiger partial charge on any atom is -0.397 e. The molecule has 1 rings (SSSR count). The van der Waals surface area contributed by atoms with E-state index in [-0.39, 0.29) is 4.90 Å². The molecule has 0 unspecified atom stereocenters. The molecule has 0 aliphatic rings. The first-order valence-electron chi connectivity index (χ1n) is 5.24. The Balaban J connectivity index is 3.29. The van der Waals surface area contributed by atoms with Gasteiger partial charge in [0.2, 0.25) is 10.0 Å². The van der Waals surface area contributed by atoms with Gasteiger partial charge in [-0.15, -0.1) is 11.8 Å². The molecule has 2 N–H and O–H groups in total. The first-order chi connectivity index (χ1) is 7.76. The zero-order chi connectivity index (χ0) is 13.2. The number of sulfonamides is 1. The van der Waals surface area contributed by atoms with Gasteiger partial charge in [-0.1, -0.05) is 19.9 Å². The van der Waals surface area contributed by atoms with Crippen LogP contribution in [0.4, 0.5) is 5.69 Å². The SMILES string of the molecule is CC(C)Sc1cccc(S(=O)(=O)N(C)C)c1N. The van der Waals surface area contributed by atoms with E-state index < -0.39 is 10.0 Å². The highest BCUT2D eigenvalue weighted by Gasteiger charge is 2.21. The van der Waals surface area contributed by atoms with E-state index in [0.29, 0.717) is 10.9 Å². The predicted octanol–water partition coefficient (Wildman–Crippen LogP) is 2.02. The number of nitrogens with zero attached hydrogens (tertiary/aromatic N) is 1. The fourth-order valence-corrected chi connectivity index (χ4v) is 3.30. The Morgan fingerprint density at radius 3 is 2.35 bits per heavy atom. The highest BCUT2D eigenvalue weighted by Crippen LogP contribution is 2.33. The molecule has 0 fully saturated rings. The number of hydrogen-bond acceptors (Lipinski definition) is 4. The van der Waals surface area contributed by atoms with Crippen LogP contribution in [-0.4, -0.2) is 32.1 Å². The quantitative estimate of drug-likeness (QED) is 0.674. The summed E-state index contributed by atoms with van der Waals surface area (Å²) in [5.74, 6) is 0. The molecule has 0 saturated carbocycles. The molecule has 0 amide bonds. The van der Waals surface area contributed by atoms with Gasteiger partial charge in [-0.2, -0.15) is 0 Å². The first kappa shape index (κ1) is 14.3. The van der Waals surface area contributed by atoms with Crippen molar-refractivity contribution in [2.45, 2.75) is 28.9 Å². The Bertz CT molecular complexity index is 496. The molecule has 0 aliphatic heterocycles. The lowest BCUT2D eigenvalue weighted by Crippen LogP contribution is -2.23. The minimum atomic E-state index is -3.47. The lowest BCUT2D eigenvalue weighted by atomic mass is 10.3. The second kappa shape index (κ2) is 5.29. The summed E-state index contributed by atoms with van der Waals surface area (Å²) in [5.41, 5.74) is 6.26. The number of hydrogen-bond donors (Lipinski definition) is 1. The molecule has 0 radical (unpaired) electrons. The molecule has 0 heterocycles. The van der Waals surface area contributed by atoms with Gasteiger partial charge >= 0.3 is 0 Å². The van der Waals surface area contributed by atoms with Crippen LogP contribution in [0.25, 0.3) is 0 Å².